The number of nitrogens with one attached hydrogen (secondary N) is 4. The number of hydrogen-bond donors (Lipinski definition) is 6. The second kappa shape index (κ2) is 12.1. The van der Waals surface area contributed by atoms with Crippen LogP contribution in [0.5, 0.6) is 5.75 Å². The van der Waals surface area contributed by atoms with Gasteiger partial charge in [0, 0.05) is 32.0 Å². The van der Waals surface area contributed by atoms with E-state index in [0.29, 0.717) is 42.3 Å². The molecule has 222 valence electrons. The molecule has 7 N–H and O–H groups in total. The van der Waals surface area contributed by atoms with E-state index >= 15 is 0 Å². The number of aliphatic hydroxyl groups is 1. The largest absolute Gasteiger partial charge is 0.495 e. The van der Waals surface area contributed by atoms with Crippen molar-refractivity contribution >= 4 is 40.5 Å². The van der Waals surface area contributed by atoms with Gasteiger partial charge in [0.1, 0.15) is 23.2 Å². The number of nitrogens with two attached hydrogens (primary N) is 1. The van der Waals surface area contributed by atoms with E-state index in [9.17, 15) is 19.1 Å². The Morgan fingerprint density at radius 1 is 1.26 bits per heavy atom. The average Bonchev–Trinajstić information content (AvgIpc) is 3.60. The Balaban J connectivity index is 1.34. The Morgan fingerprint density at radius 3 is 2.81 bits per heavy atom. The number of ether oxygens (including phenoxy) is 1. The summed E-state index contributed by atoms with van der Waals surface area (Å²) in [6, 6.07) is 9.49. The van der Waals surface area contributed by atoms with Crippen LogP contribution in [-0.2, 0) is 11.2 Å². The maximum atomic E-state index is 14.2. The number of carbonyl (C=O) groups is 2. The Labute approximate surface area is 242 Å². The van der Waals surface area contributed by atoms with E-state index in [-0.39, 0.29) is 29.5 Å². The quantitative estimate of drug-likeness (QED) is 0.128. The maximum Gasteiger partial charge on any atom is 0.253 e. The number of carbonyl (C=O) groups excluding carboxylic acids is 2. The average molecular weight is 579 g/mol. The van der Waals surface area contributed by atoms with E-state index in [1.165, 1.54) is 12.1 Å². The van der Waals surface area contributed by atoms with Gasteiger partial charge in [0.25, 0.3) is 5.91 Å². The van der Waals surface area contributed by atoms with E-state index in [0.717, 1.165) is 36.7 Å². The van der Waals surface area contributed by atoms with Crippen molar-refractivity contribution in [2.24, 2.45) is 5.73 Å². The summed E-state index contributed by atoms with van der Waals surface area (Å²) < 4.78 is 19.9. The zero-order valence-corrected chi connectivity index (χ0v) is 23.5. The predicted molar refractivity (Wildman–Crippen MR) is 159 cm³/mol. The molecule has 1 saturated heterocycles. The van der Waals surface area contributed by atoms with Crippen molar-refractivity contribution in [3.63, 3.8) is 0 Å². The number of rotatable bonds is 9. The molecule has 1 atom stereocenters. The third-order valence-electron chi connectivity index (χ3n) is 7.57. The van der Waals surface area contributed by atoms with Gasteiger partial charge in [-0.15, -0.1) is 0 Å². The van der Waals surface area contributed by atoms with Crippen LogP contribution in [0.4, 0.5) is 27.3 Å². The molecule has 1 fully saturated rings. The molecule has 0 saturated carbocycles. The van der Waals surface area contributed by atoms with Gasteiger partial charge in [-0.05, 0) is 61.7 Å². The first kappa shape index (κ1) is 28.9. The van der Waals surface area contributed by atoms with Crippen molar-refractivity contribution in [1.82, 2.24) is 9.88 Å². The van der Waals surface area contributed by atoms with Crippen LogP contribution in [0.15, 0.2) is 42.6 Å². The number of amidine groups is 1. The number of piperidine rings is 1. The van der Waals surface area contributed by atoms with Crippen molar-refractivity contribution in [2.45, 2.75) is 25.4 Å². The van der Waals surface area contributed by atoms with Crippen LogP contribution in [-0.4, -0.2) is 79.1 Å². The molecule has 0 spiro atoms. The van der Waals surface area contributed by atoms with Gasteiger partial charge in [-0.2, -0.15) is 0 Å². The summed E-state index contributed by atoms with van der Waals surface area (Å²) in [4.78, 5) is 31.9. The zero-order chi connectivity index (χ0) is 30.0. The topological polar surface area (TPSA) is 163 Å². The van der Waals surface area contributed by atoms with Crippen LogP contribution in [0.25, 0.3) is 0 Å². The number of aliphatic hydroxyl groups excluding tert-OH is 1. The van der Waals surface area contributed by atoms with E-state index in [1.54, 1.807) is 36.3 Å². The first-order valence-electron chi connectivity index (χ1n) is 13.7. The second-order valence-electron chi connectivity index (χ2n) is 10.4. The van der Waals surface area contributed by atoms with Crippen molar-refractivity contribution in [2.75, 3.05) is 61.0 Å². The number of methoxy groups -OCH3 is 1. The number of aromatic amines is 1. The molecule has 0 aliphatic carbocycles. The minimum absolute atomic E-state index is 0.0221. The Kier molecular flexibility index (Phi) is 8.31. The molecule has 3 aromatic rings. The van der Waals surface area contributed by atoms with Crippen molar-refractivity contribution < 1.29 is 23.8 Å². The van der Waals surface area contributed by atoms with E-state index < -0.39 is 17.8 Å². The molecule has 42 heavy (non-hydrogen) atoms. The SMILES string of the molecule is COc1cc2c(cc1NN(C)c1[nH]ccc1C(=N)Nc1cccc(F)c1C(N)=O)N(C(=O)CN1CCCC(O)C1)CC2. The lowest BCUT2D eigenvalue weighted by molar-refractivity contribution is -0.120. The lowest BCUT2D eigenvalue weighted by Crippen LogP contribution is -2.45. The fourth-order valence-corrected chi connectivity index (χ4v) is 5.54. The maximum absolute atomic E-state index is 14.2. The number of likely N-dealkylation sites (tertiary alicyclic amines) is 1. The smallest absolute Gasteiger partial charge is 0.253 e. The van der Waals surface area contributed by atoms with Gasteiger partial charge in [-0.25, -0.2) is 4.39 Å². The summed E-state index contributed by atoms with van der Waals surface area (Å²) in [5, 5.41) is 23.1. The Bertz CT molecular complexity index is 1510. The molecule has 2 aromatic carbocycles. The normalized spacial score (nSPS) is 16.6. The number of amides is 2. The molecule has 2 amide bonds. The molecule has 0 radical (unpaired) electrons. The molecule has 2 aliphatic rings. The highest BCUT2D eigenvalue weighted by atomic mass is 19.1. The fraction of sp³-hybridized carbons (Fsp3) is 0.345. The monoisotopic (exact) mass is 578 g/mol. The summed E-state index contributed by atoms with van der Waals surface area (Å²) in [7, 11) is 3.32. The first-order valence-corrected chi connectivity index (χ1v) is 13.7. The summed E-state index contributed by atoms with van der Waals surface area (Å²) in [5.74, 6) is -0.746. The van der Waals surface area contributed by atoms with Crippen molar-refractivity contribution in [3.05, 3.63) is 65.1 Å². The van der Waals surface area contributed by atoms with Crippen LogP contribution in [0.1, 0.15) is 34.3 Å². The summed E-state index contributed by atoms with van der Waals surface area (Å²) >= 11 is 0. The second-order valence-corrected chi connectivity index (χ2v) is 10.4. The van der Waals surface area contributed by atoms with Crippen LogP contribution < -0.4 is 31.1 Å². The number of nitrogens with zero attached hydrogens (tertiary/aromatic N) is 3. The third kappa shape index (κ3) is 5.87. The van der Waals surface area contributed by atoms with Gasteiger partial charge >= 0.3 is 0 Å². The standard InChI is InChI=1S/C29H35FN8O4/c1-36(29-19(8-10-33-29)27(31)34-21-7-3-6-20(30)26(21)28(32)41)35-22-14-23-17(13-24(22)42-2)9-12-38(23)25(40)16-37-11-4-5-18(39)15-37/h3,6-8,10,13-14,18,33,35,39H,4-5,9,11-12,15-16H2,1-2H3,(H2,31,34)(H2,32,41). The zero-order valence-electron chi connectivity index (χ0n) is 23.5. The van der Waals surface area contributed by atoms with Gasteiger partial charge in [0.15, 0.2) is 0 Å². The molecule has 5 rings (SSSR count). The number of hydrazine groups is 1. The van der Waals surface area contributed by atoms with Gasteiger partial charge in [0.05, 0.1) is 42.3 Å². The summed E-state index contributed by atoms with van der Waals surface area (Å²) in [6.45, 7) is 2.09. The number of aromatic nitrogens is 1. The fourth-order valence-electron chi connectivity index (χ4n) is 5.54. The minimum atomic E-state index is -0.943. The van der Waals surface area contributed by atoms with Crippen LogP contribution in [0.3, 0.4) is 0 Å². The molecule has 3 heterocycles. The summed E-state index contributed by atoms with van der Waals surface area (Å²) in [6.07, 6.45) is 3.58. The number of H-pyrrole nitrogens is 1. The molecular formula is C29H35FN8O4. The van der Waals surface area contributed by atoms with Crippen LogP contribution in [0, 0.1) is 11.2 Å². The highest BCUT2D eigenvalue weighted by molar-refractivity contribution is 6.12. The van der Waals surface area contributed by atoms with Crippen LogP contribution in [0.2, 0.25) is 0 Å². The van der Waals surface area contributed by atoms with E-state index in [2.05, 4.69) is 15.7 Å². The highest BCUT2D eigenvalue weighted by Crippen LogP contribution is 2.38. The lowest BCUT2D eigenvalue weighted by Gasteiger charge is -2.31. The van der Waals surface area contributed by atoms with Gasteiger partial charge in [0.2, 0.25) is 5.91 Å². The number of halogens is 1. The number of fused-ring (bicyclic) bond motifs is 1. The van der Waals surface area contributed by atoms with E-state index in [1.807, 2.05) is 17.0 Å². The van der Waals surface area contributed by atoms with Gasteiger partial charge < -0.3 is 30.8 Å². The number of anilines is 4. The highest BCUT2D eigenvalue weighted by Gasteiger charge is 2.29. The Morgan fingerprint density at radius 2 is 2.07 bits per heavy atom. The molecule has 13 heteroatoms. The predicted octanol–water partition coefficient (Wildman–Crippen LogP) is 2.51. The van der Waals surface area contributed by atoms with Crippen LogP contribution >= 0.6 is 0 Å². The van der Waals surface area contributed by atoms with Gasteiger partial charge in [-0.1, -0.05) is 6.07 Å². The molecule has 12 nitrogen and oxygen atoms in total. The molecule has 2 aliphatic heterocycles. The van der Waals surface area contributed by atoms with Crippen molar-refractivity contribution in [1.29, 1.82) is 5.41 Å². The molecular weight excluding hydrogens is 543 g/mol. The third-order valence-corrected chi connectivity index (χ3v) is 7.57. The van der Waals surface area contributed by atoms with Gasteiger partial charge in [-0.3, -0.25) is 30.3 Å². The first-order chi connectivity index (χ1) is 20.2. The minimum Gasteiger partial charge on any atom is -0.495 e. The molecule has 1 aromatic heterocycles. The van der Waals surface area contributed by atoms with Crippen molar-refractivity contribution in [3.8, 4) is 5.75 Å². The lowest BCUT2D eigenvalue weighted by atomic mass is 10.1. The number of benzene rings is 2. The number of primary amides is 1. The Hall–Kier alpha value is -4.62. The van der Waals surface area contributed by atoms with E-state index in [4.69, 9.17) is 15.9 Å². The molecule has 1 unspecified atom stereocenters. The number of hydrogen-bond acceptors (Lipinski definition) is 8. The number of β-amino-alcohol motifs (C(OH)–C–C–N with tert-alkyl or cyclic N) is 1. The molecule has 0 bridgehead atoms. The summed E-state index contributed by atoms with van der Waals surface area (Å²) in [5.41, 5.74) is 11.2.